The highest BCUT2D eigenvalue weighted by Gasteiger charge is 2.16. The van der Waals surface area contributed by atoms with Gasteiger partial charge in [-0.15, -0.1) is 5.10 Å². The molecule has 1 amide bonds. The number of sulfone groups is 1. The van der Waals surface area contributed by atoms with Crippen molar-refractivity contribution in [2.24, 2.45) is 0 Å². The molecule has 0 bridgehead atoms. The zero-order valence-electron chi connectivity index (χ0n) is 14.8. The Kier molecular flexibility index (Phi) is 5.66. The summed E-state index contributed by atoms with van der Waals surface area (Å²) in [5.74, 6) is -0.179. The van der Waals surface area contributed by atoms with Crippen LogP contribution in [0.3, 0.4) is 0 Å². The topological polar surface area (TPSA) is 102 Å². The van der Waals surface area contributed by atoms with Crippen LogP contribution in [-0.4, -0.2) is 30.3 Å². The fraction of sp³-hybridized carbons (Fsp3) is 0.211. The normalized spacial score (nSPS) is 11.3. The van der Waals surface area contributed by atoms with Crippen molar-refractivity contribution in [1.82, 2.24) is 10.2 Å². The first kappa shape index (κ1) is 18.8. The average Bonchev–Trinajstić information content (AvgIpc) is 3.11. The van der Waals surface area contributed by atoms with Gasteiger partial charge in [0, 0.05) is 12.0 Å². The number of rotatable bonds is 7. The number of amides is 1. The first-order valence-electron chi connectivity index (χ1n) is 8.42. The van der Waals surface area contributed by atoms with Gasteiger partial charge in [0.2, 0.25) is 11.8 Å². The van der Waals surface area contributed by atoms with E-state index in [9.17, 15) is 13.2 Å². The molecule has 0 radical (unpaired) electrons. The van der Waals surface area contributed by atoms with Crippen LogP contribution in [0.4, 0.5) is 6.01 Å². The summed E-state index contributed by atoms with van der Waals surface area (Å²) in [5.41, 5.74) is 1.81. The van der Waals surface area contributed by atoms with E-state index >= 15 is 0 Å². The molecule has 8 heteroatoms. The van der Waals surface area contributed by atoms with Crippen molar-refractivity contribution in [2.75, 3.05) is 11.1 Å². The molecule has 1 aromatic heterocycles. The van der Waals surface area contributed by atoms with Crippen LogP contribution < -0.4 is 5.32 Å². The lowest BCUT2D eigenvalue weighted by Crippen LogP contribution is -2.14. The fourth-order valence-corrected chi connectivity index (χ4v) is 3.85. The van der Waals surface area contributed by atoms with E-state index in [-0.39, 0.29) is 35.4 Å². The minimum atomic E-state index is -3.40. The molecule has 0 atom stereocenters. The predicted molar refractivity (Wildman–Crippen MR) is 101 cm³/mol. The van der Waals surface area contributed by atoms with Gasteiger partial charge >= 0.3 is 6.01 Å². The minimum Gasteiger partial charge on any atom is -0.403 e. The second-order valence-corrected chi connectivity index (χ2v) is 8.17. The van der Waals surface area contributed by atoms with Gasteiger partial charge in [0.15, 0.2) is 9.84 Å². The zero-order valence-corrected chi connectivity index (χ0v) is 15.6. The van der Waals surface area contributed by atoms with Crippen LogP contribution >= 0.6 is 0 Å². The molecule has 0 aliphatic carbocycles. The smallest absolute Gasteiger partial charge is 0.322 e. The lowest BCUT2D eigenvalue weighted by atomic mass is 10.1. The van der Waals surface area contributed by atoms with Gasteiger partial charge < -0.3 is 4.42 Å². The summed E-state index contributed by atoms with van der Waals surface area (Å²) in [6, 6.07) is 15.7. The molecule has 2 aromatic carbocycles. The van der Waals surface area contributed by atoms with Gasteiger partial charge in [-0.05, 0) is 37.6 Å². The molecule has 7 nitrogen and oxygen atoms in total. The number of aryl methyl sites for hydroxylation is 1. The van der Waals surface area contributed by atoms with E-state index in [1.54, 1.807) is 30.3 Å². The lowest BCUT2D eigenvalue weighted by Gasteiger charge is -2.04. The molecule has 1 N–H and O–H groups in total. The monoisotopic (exact) mass is 385 g/mol. The molecule has 3 rings (SSSR count). The SMILES string of the molecule is Cc1cccc(-c2nnc(NC(=O)CCCS(=O)(=O)c3ccccc3)o2)c1. The van der Waals surface area contributed by atoms with Gasteiger partial charge in [-0.3, -0.25) is 10.1 Å². The second-order valence-electron chi connectivity index (χ2n) is 6.07. The molecule has 0 aliphatic heterocycles. The molecule has 0 aliphatic rings. The Morgan fingerprint density at radius 3 is 2.59 bits per heavy atom. The highest BCUT2D eigenvalue weighted by atomic mass is 32.2. The van der Waals surface area contributed by atoms with Crippen molar-refractivity contribution < 1.29 is 17.6 Å². The van der Waals surface area contributed by atoms with Crippen molar-refractivity contribution in [3.05, 3.63) is 60.2 Å². The van der Waals surface area contributed by atoms with Crippen LogP contribution in [0.15, 0.2) is 63.9 Å². The highest BCUT2D eigenvalue weighted by molar-refractivity contribution is 7.91. The van der Waals surface area contributed by atoms with Crippen molar-refractivity contribution in [2.45, 2.75) is 24.7 Å². The summed E-state index contributed by atoms with van der Waals surface area (Å²) in [5, 5.41) is 10.2. The number of hydrogen-bond donors (Lipinski definition) is 1. The van der Waals surface area contributed by atoms with Gasteiger partial charge in [0.05, 0.1) is 10.6 Å². The Bertz CT molecular complexity index is 1030. The van der Waals surface area contributed by atoms with E-state index in [4.69, 9.17) is 4.42 Å². The summed E-state index contributed by atoms with van der Waals surface area (Å²) in [7, 11) is -3.40. The summed E-state index contributed by atoms with van der Waals surface area (Å²) in [4.78, 5) is 12.3. The molecule has 27 heavy (non-hydrogen) atoms. The van der Waals surface area contributed by atoms with Gasteiger partial charge in [-0.1, -0.05) is 41.0 Å². The minimum absolute atomic E-state index is 0.0116. The van der Waals surface area contributed by atoms with Gasteiger partial charge in [-0.2, -0.15) is 0 Å². The van der Waals surface area contributed by atoms with Crippen LogP contribution in [0.1, 0.15) is 18.4 Å². The summed E-state index contributed by atoms with van der Waals surface area (Å²) >= 11 is 0. The molecular weight excluding hydrogens is 366 g/mol. The Labute approximate surface area is 157 Å². The number of nitrogens with one attached hydrogen (secondary N) is 1. The molecule has 1 heterocycles. The Morgan fingerprint density at radius 2 is 1.85 bits per heavy atom. The molecule has 0 unspecified atom stereocenters. The van der Waals surface area contributed by atoms with Gasteiger partial charge in [-0.25, -0.2) is 8.42 Å². The number of benzene rings is 2. The molecule has 0 fully saturated rings. The third-order valence-corrected chi connectivity index (χ3v) is 5.67. The Hall–Kier alpha value is -3.00. The average molecular weight is 385 g/mol. The maximum Gasteiger partial charge on any atom is 0.322 e. The van der Waals surface area contributed by atoms with Crippen LogP contribution in [0, 0.1) is 6.92 Å². The summed E-state index contributed by atoms with van der Waals surface area (Å²) in [6.45, 7) is 1.95. The van der Waals surface area contributed by atoms with E-state index in [1.807, 2.05) is 31.2 Å². The Balaban J connectivity index is 1.53. The van der Waals surface area contributed by atoms with E-state index in [2.05, 4.69) is 15.5 Å². The van der Waals surface area contributed by atoms with E-state index in [0.29, 0.717) is 5.89 Å². The van der Waals surface area contributed by atoms with Crippen molar-refractivity contribution in [1.29, 1.82) is 0 Å². The van der Waals surface area contributed by atoms with E-state index < -0.39 is 9.84 Å². The third kappa shape index (κ3) is 5.01. The van der Waals surface area contributed by atoms with Crippen LogP contribution in [0.2, 0.25) is 0 Å². The van der Waals surface area contributed by atoms with Crippen molar-refractivity contribution in [3.8, 4) is 11.5 Å². The molecule has 3 aromatic rings. The molecule has 0 spiro atoms. The number of nitrogens with zero attached hydrogens (tertiary/aromatic N) is 2. The summed E-state index contributed by atoms with van der Waals surface area (Å²) in [6.07, 6.45) is 0.232. The second kappa shape index (κ2) is 8.13. The van der Waals surface area contributed by atoms with Gasteiger partial charge in [0.25, 0.3) is 0 Å². The fourth-order valence-electron chi connectivity index (χ4n) is 2.52. The number of carbonyl (C=O) groups excluding carboxylic acids is 1. The van der Waals surface area contributed by atoms with E-state index in [1.165, 1.54) is 0 Å². The highest BCUT2D eigenvalue weighted by Crippen LogP contribution is 2.20. The lowest BCUT2D eigenvalue weighted by molar-refractivity contribution is -0.116. The Morgan fingerprint density at radius 1 is 1.07 bits per heavy atom. The third-order valence-electron chi connectivity index (χ3n) is 3.86. The number of hydrogen-bond acceptors (Lipinski definition) is 6. The zero-order chi connectivity index (χ0) is 19.3. The maximum atomic E-state index is 12.2. The molecule has 0 saturated carbocycles. The van der Waals surface area contributed by atoms with Crippen molar-refractivity contribution in [3.63, 3.8) is 0 Å². The van der Waals surface area contributed by atoms with Crippen LogP contribution in [0.5, 0.6) is 0 Å². The van der Waals surface area contributed by atoms with Crippen LogP contribution in [-0.2, 0) is 14.6 Å². The molecule has 0 saturated heterocycles. The summed E-state index contributed by atoms with van der Waals surface area (Å²) < 4.78 is 29.8. The van der Waals surface area contributed by atoms with Crippen LogP contribution in [0.25, 0.3) is 11.5 Å². The van der Waals surface area contributed by atoms with E-state index in [0.717, 1.165) is 11.1 Å². The first-order chi connectivity index (χ1) is 12.9. The standard InChI is InChI=1S/C19H19N3O4S/c1-14-7-5-8-15(13-14)18-21-22-19(26-18)20-17(23)11-6-12-27(24,25)16-9-3-2-4-10-16/h2-5,7-10,13H,6,11-12H2,1H3,(H,20,22,23). The molecule has 140 valence electrons. The van der Waals surface area contributed by atoms with Gasteiger partial charge in [0.1, 0.15) is 0 Å². The maximum absolute atomic E-state index is 12.2. The molecular formula is C19H19N3O4S. The predicted octanol–water partition coefficient (Wildman–Crippen LogP) is 3.24. The first-order valence-corrected chi connectivity index (χ1v) is 10.1. The van der Waals surface area contributed by atoms with Crippen molar-refractivity contribution >= 4 is 21.8 Å². The quantitative estimate of drug-likeness (QED) is 0.670. The number of anilines is 1. The number of carbonyl (C=O) groups is 1. The largest absolute Gasteiger partial charge is 0.403 e. The number of aromatic nitrogens is 2.